The standard InChI is InChI=1S/C36H44N2O6/c1-6-9-20-43-34(42)30-29-32(40)38(27(23-39)22-26-13-11-10-12-14-26)31(36(29)18-17-35(30,8-3)44-36)33(41)37(19-7-2)28-21-24(4)15-16-25(28)5/h6-7,10-16,21,27,29-31,39H,1-2,8-9,17-20,22-23H2,3-5H3/t27-,29+,30-,31?,35+,36?/m1/s1. The Morgan fingerprint density at radius 3 is 2.57 bits per heavy atom. The Balaban J connectivity index is 1.64. The van der Waals surface area contributed by atoms with Gasteiger partial charge < -0.3 is 24.4 Å². The molecule has 44 heavy (non-hydrogen) atoms. The Labute approximate surface area is 260 Å². The van der Waals surface area contributed by atoms with Gasteiger partial charge in [-0.3, -0.25) is 14.4 Å². The molecule has 6 atom stereocenters. The van der Waals surface area contributed by atoms with Gasteiger partial charge in [-0.25, -0.2) is 0 Å². The van der Waals surface area contributed by atoms with Crippen molar-refractivity contribution < 1.29 is 29.0 Å². The van der Waals surface area contributed by atoms with E-state index in [-0.39, 0.29) is 31.6 Å². The summed E-state index contributed by atoms with van der Waals surface area (Å²) in [6.45, 7) is 13.5. The summed E-state index contributed by atoms with van der Waals surface area (Å²) >= 11 is 0. The minimum absolute atomic E-state index is 0.158. The summed E-state index contributed by atoms with van der Waals surface area (Å²) in [7, 11) is 0. The Hall–Kier alpha value is -3.75. The second kappa shape index (κ2) is 12.7. The molecule has 2 unspecified atom stereocenters. The van der Waals surface area contributed by atoms with Crippen molar-refractivity contribution in [3.05, 3.63) is 90.5 Å². The van der Waals surface area contributed by atoms with Crippen LogP contribution in [0.15, 0.2) is 73.8 Å². The second-order valence-electron chi connectivity index (χ2n) is 12.4. The van der Waals surface area contributed by atoms with Crippen LogP contribution in [-0.4, -0.2) is 70.8 Å². The van der Waals surface area contributed by atoms with Crippen LogP contribution in [-0.2, 0) is 30.3 Å². The number of anilines is 1. The first-order chi connectivity index (χ1) is 21.2. The van der Waals surface area contributed by atoms with Crippen molar-refractivity contribution in [3.8, 4) is 0 Å². The number of carbonyl (C=O) groups excluding carboxylic acids is 3. The SMILES string of the molecule is C=CCCOC(=O)[C@H]1[C@H]2C(=O)N([C@@H](CO)Cc3ccccc3)C(C(=O)N(CC=C)c3cc(C)ccc3C)C23CC[C@]1(CC)O3. The number of benzene rings is 2. The molecule has 8 heteroatoms. The molecular weight excluding hydrogens is 556 g/mol. The largest absolute Gasteiger partial charge is 0.465 e. The predicted molar refractivity (Wildman–Crippen MR) is 169 cm³/mol. The maximum atomic E-state index is 15.0. The van der Waals surface area contributed by atoms with E-state index in [0.29, 0.717) is 32.1 Å². The number of hydrogen-bond acceptors (Lipinski definition) is 6. The van der Waals surface area contributed by atoms with E-state index in [1.807, 2.05) is 69.3 Å². The summed E-state index contributed by atoms with van der Waals surface area (Å²) < 4.78 is 12.6. The van der Waals surface area contributed by atoms with Gasteiger partial charge in [0.15, 0.2) is 0 Å². The fourth-order valence-electron chi connectivity index (χ4n) is 7.75. The zero-order valence-electron chi connectivity index (χ0n) is 26.0. The summed E-state index contributed by atoms with van der Waals surface area (Å²) in [6, 6.07) is 13.8. The number of aryl methyl sites for hydroxylation is 2. The van der Waals surface area contributed by atoms with Crippen LogP contribution in [0.3, 0.4) is 0 Å². The van der Waals surface area contributed by atoms with E-state index in [4.69, 9.17) is 9.47 Å². The highest BCUT2D eigenvalue weighted by Gasteiger charge is 2.79. The molecule has 2 aromatic rings. The Bertz CT molecular complexity index is 1420. The monoisotopic (exact) mass is 600 g/mol. The molecule has 3 aliphatic heterocycles. The van der Waals surface area contributed by atoms with Crippen molar-refractivity contribution in [2.45, 2.75) is 76.2 Å². The fraction of sp³-hybridized carbons (Fsp3) is 0.472. The molecule has 8 nitrogen and oxygen atoms in total. The minimum Gasteiger partial charge on any atom is -0.465 e. The summed E-state index contributed by atoms with van der Waals surface area (Å²) in [6.07, 6.45) is 5.65. The molecule has 0 radical (unpaired) electrons. The van der Waals surface area contributed by atoms with E-state index in [9.17, 15) is 14.7 Å². The number of amides is 2. The molecular formula is C36H44N2O6. The molecule has 2 bridgehead atoms. The van der Waals surface area contributed by atoms with Crippen molar-refractivity contribution in [1.29, 1.82) is 0 Å². The van der Waals surface area contributed by atoms with Crippen LogP contribution in [0.5, 0.6) is 0 Å². The lowest BCUT2D eigenvalue weighted by molar-refractivity contribution is -0.162. The average Bonchev–Trinajstić information content (AvgIpc) is 3.64. The summed E-state index contributed by atoms with van der Waals surface area (Å²) in [5, 5.41) is 10.8. The van der Waals surface area contributed by atoms with Crippen LogP contribution in [0.25, 0.3) is 0 Å². The second-order valence-corrected chi connectivity index (χ2v) is 12.4. The number of aliphatic hydroxyl groups excluding tert-OH is 1. The molecule has 3 fully saturated rings. The van der Waals surface area contributed by atoms with E-state index in [0.717, 1.165) is 22.4 Å². The quantitative estimate of drug-likeness (QED) is 0.204. The highest BCUT2D eigenvalue weighted by Crippen LogP contribution is 2.65. The van der Waals surface area contributed by atoms with E-state index in [2.05, 4.69) is 13.2 Å². The number of carbonyl (C=O) groups is 3. The van der Waals surface area contributed by atoms with E-state index >= 15 is 4.79 Å². The van der Waals surface area contributed by atoms with Crippen molar-refractivity contribution >= 4 is 23.5 Å². The maximum Gasteiger partial charge on any atom is 0.312 e. The lowest BCUT2D eigenvalue weighted by atomic mass is 9.65. The summed E-state index contributed by atoms with van der Waals surface area (Å²) in [5.74, 6) is -2.91. The van der Waals surface area contributed by atoms with Gasteiger partial charge in [-0.15, -0.1) is 13.2 Å². The fourth-order valence-corrected chi connectivity index (χ4v) is 7.75. The number of ether oxygens (including phenoxy) is 2. The maximum absolute atomic E-state index is 15.0. The number of hydrogen-bond donors (Lipinski definition) is 1. The van der Waals surface area contributed by atoms with Gasteiger partial charge in [-0.05, 0) is 68.7 Å². The van der Waals surface area contributed by atoms with Crippen LogP contribution in [0.4, 0.5) is 5.69 Å². The molecule has 0 aliphatic carbocycles. The molecule has 2 amide bonds. The van der Waals surface area contributed by atoms with Gasteiger partial charge in [-0.1, -0.05) is 61.5 Å². The molecule has 1 N–H and O–H groups in total. The first-order valence-corrected chi connectivity index (χ1v) is 15.6. The smallest absolute Gasteiger partial charge is 0.312 e. The topological polar surface area (TPSA) is 96.4 Å². The zero-order chi connectivity index (χ0) is 31.6. The van der Waals surface area contributed by atoms with Gasteiger partial charge >= 0.3 is 5.97 Å². The third-order valence-electron chi connectivity index (χ3n) is 9.82. The van der Waals surface area contributed by atoms with Crippen LogP contribution in [0.1, 0.15) is 49.3 Å². The van der Waals surface area contributed by atoms with Gasteiger partial charge in [0, 0.05) is 12.2 Å². The third kappa shape index (κ3) is 5.18. The third-order valence-corrected chi connectivity index (χ3v) is 9.82. The Kier molecular flexibility index (Phi) is 9.14. The lowest BCUT2D eigenvalue weighted by Gasteiger charge is -2.40. The molecule has 234 valence electrons. The lowest BCUT2D eigenvalue weighted by Crippen LogP contribution is -2.59. The Morgan fingerprint density at radius 2 is 1.91 bits per heavy atom. The van der Waals surface area contributed by atoms with Crippen LogP contribution in [0, 0.1) is 25.7 Å². The summed E-state index contributed by atoms with van der Waals surface area (Å²) in [4.78, 5) is 46.7. The molecule has 0 saturated carbocycles. The molecule has 3 heterocycles. The first kappa shape index (κ1) is 31.7. The normalized spacial score (nSPS) is 27.6. The van der Waals surface area contributed by atoms with Gasteiger partial charge in [0.1, 0.15) is 17.6 Å². The van der Waals surface area contributed by atoms with Crippen molar-refractivity contribution in [2.75, 3.05) is 24.7 Å². The molecule has 0 aromatic heterocycles. The molecule has 1 spiro atoms. The van der Waals surface area contributed by atoms with Crippen LogP contribution in [0.2, 0.25) is 0 Å². The van der Waals surface area contributed by atoms with E-state index < -0.39 is 41.1 Å². The number of fused-ring (bicyclic) bond motifs is 1. The van der Waals surface area contributed by atoms with Crippen LogP contribution >= 0.6 is 0 Å². The van der Waals surface area contributed by atoms with Crippen molar-refractivity contribution in [3.63, 3.8) is 0 Å². The van der Waals surface area contributed by atoms with Gasteiger partial charge in [0.2, 0.25) is 5.91 Å². The minimum atomic E-state index is -1.24. The molecule has 2 aromatic carbocycles. The van der Waals surface area contributed by atoms with Gasteiger partial charge in [0.05, 0.1) is 30.8 Å². The van der Waals surface area contributed by atoms with Crippen molar-refractivity contribution in [1.82, 2.24) is 4.90 Å². The molecule has 3 aliphatic rings. The zero-order valence-corrected chi connectivity index (χ0v) is 26.0. The molecule has 5 rings (SSSR count). The Morgan fingerprint density at radius 1 is 1.16 bits per heavy atom. The number of likely N-dealkylation sites (tertiary alicyclic amines) is 1. The number of nitrogens with zero attached hydrogens (tertiary/aromatic N) is 2. The first-order valence-electron chi connectivity index (χ1n) is 15.6. The number of esters is 1. The van der Waals surface area contributed by atoms with Gasteiger partial charge in [-0.2, -0.15) is 0 Å². The van der Waals surface area contributed by atoms with Crippen molar-refractivity contribution in [2.24, 2.45) is 11.8 Å². The van der Waals surface area contributed by atoms with Crippen LogP contribution < -0.4 is 4.90 Å². The summed E-state index contributed by atoms with van der Waals surface area (Å²) in [5.41, 5.74) is 1.40. The number of rotatable bonds is 13. The van der Waals surface area contributed by atoms with E-state index in [1.54, 1.807) is 17.1 Å². The highest BCUT2D eigenvalue weighted by molar-refractivity contribution is 6.05. The average molecular weight is 601 g/mol. The van der Waals surface area contributed by atoms with Gasteiger partial charge in [0.25, 0.3) is 5.91 Å². The molecule has 3 saturated heterocycles. The highest BCUT2D eigenvalue weighted by atomic mass is 16.6. The predicted octanol–water partition coefficient (Wildman–Crippen LogP) is 4.70. The number of aliphatic hydroxyl groups is 1. The van der Waals surface area contributed by atoms with E-state index in [1.165, 1.54) is 4.90 Å².